The molecule has 3 N–H and O–H groups in total. The highest BCUT2D eigenvalue weighted by Crippen LogP contribution is 2.26. The van der Waals surface area contributed by atoms with Gasteiger partial charge >= 0.3 is 0 Å². The largest absolute Gasteiger partial charge is 0.397 e. The van der Waals surface area contributed by atoms with E-state index in [0.717, 1.165) is 30.5 Å². The number of piperidine rings is 1. The Morgan fingerprint density at radius 2 is 1.89 bits per heavy atom. The summed E-state index contributed by atoms with van der Waals surface area (Å²) in [6.45, 7) is 2.16. The normalized spacial score (nSPS) is 21.4. The zero-order valence-corrected chi connectivity index (χ0v) is 16.4. The number of nitrogens with zero attached hydrogens (tertiary/aromatic N) is 2. The van der Waals surface area contributed by atoms with Gasteiger partial charge in [0.05, 0.1) is 5.69 Å². The second-order valence-electron chi connectivity index (χ2n) is 8.19. The lowest BCUT2D eigenvalue weighted by Crippen LogP contribution is -2.51. The van der Waals surface area contributed by atoms with E-state index >= 15 is 0 Å². The van der Waals surface area contributed by atoms with E-state index in [0.29, 0.717) is 17.3 Å². The molecule has 0 unspecified atom stereocenters. The highest BCUT2D eigenvalue weighted by Gasteiger charge is 2.27. The van der Waals surface area contributed by atoms with Crippen LogP contribution < -0.4 is 11.1 Å². The standard InChI is InChI=1S/C23H30N4O/c24-20-13-19(14-25-15-20)17-6-4-7-18(12-17)23(28)26-21-8-5-11-27(16-21)22-9-2-1-3-10-22/h4,6-7,12-15,21-22H,1-3,5,8-11,16,24H2,(H,26,28)/t21-/m0/s1. The molecule has 0 radical (unpaired) electrons. The van der Waals surface area contributed by atoms with Crippen LogP contribution in [0.1, 0.15) is 55.3 Å². The van der Waals surface area contributed by atoms with Gasteiger partial charge in [-0.05, 0) is 56.0 Å². The molecule has 5 heteroatoms. The summed E-state index contributed by atoms with van der Waals surface area (Å²) in [7, 11) is 0. The number of carbonyl (C=O) groups is 1. The van der Waals surface area contributed by atoms with Crippen LogP contribution in [-0.2, 0) is 0 Å². The number of nitrogen functional groups attached to an aromatic ring is 1. The Labute approximate surface area is 167 Å². The van der Waals surface area contributed by atoms with Gasteiger partial charge in [0.2, 0.25) is 0 Å². The van der Waals surface area contributed by atoms with Crippen molar-refractivity contribution in [3.05, 3.63) is 48.3 Å². The molecule has 1 aromatic carbocycles. The molecule has 1 aliphatic heterocycles. The first-order valence-corrected chi connectivity index (χ1v) is 10.5. The van der Waals surface area contributed by atoms with Crippen LogP contribution in [0.4, 0.5) is 5.69 Å². The van der Waals surface area contributed by atoms with Gasteiger partial charge < -0.3 is 11.1 Å². The van der Waals surface area contributed by atoms with Gasteiger partial charge in [0.15, 0.2) is 0 Å². The first-order chi connectivity index (χ1) is 13.7. The van der Waals surface area contributed by atoms with Crippen LogP contribution in [0.5, 0.6) is 0 Å². The minimum absolute atomic E-state index is 0.00852. The van der Waals surface area contributed by atoms with Gasteiger partial charge in [-0.2, -0.15) is 0 Å². The van der Waals surface area contributed by atoms with Gasteiger partial charge in [0.25, 0.3) is 5.91 Å². The first-order valence-electron chi connectivity index (χ1n) is 10.5. The molecule has 1 atom stereocenters. The minimum atomic E-state index is 0.00852. The van der Waals surface area contributed by atoms with E-state index in [1.165, 1.54) is 38.6 Å². The quantitative estimate of drug-likeness (QED) is 0.847. The van der Waals surface area contributed by atoms with Crippen LogP contribution in [0.2, 0.25) is 0 Å². The fraction of sp³-hybridized carbons (Fsp3) is 0.478. The summed E-state index contributed by atoms with van der Waals surface area (Å²) >= 11 is 0. The van der Waals surface area contributed by atoms with E-state index in [1.807, 2.05) is 30.3 Å². The number of hydrogen-bond acceptors (Lipinski definition) is 4. The maximum Gasteiger partial charge on any atom is 0.251 e. The third-order valence-corrected chi connectivity index (χ3v) is 6.10. The fourth-order valence-electron chi connectivity index (χ4n) is 4.63. The van der Waals surface area contributed by atoms with E-state index in [2.05, 4.69) is 15.2 Å². The lowest BCUT2D eigenvalue weighted by molar-refractivity contribution is 0.0835. The Kier molecular flexibility index (Phi) is 5.91. The molecule has 2 heterocycles. The Bertz CT molecular complexity index is 816. The molecule has 1 aliphatic carbocycles. The maximum absolute atomic E-state index is 12.9. The fourth-order valence-corrected chi connectivity index (χ4v) is 4.63. The zero-order valence-electron chi connectivity index (χ0n) is 16.4. The molecule has 4 rings (SSSR count). The van der Waals surface area contributed by atoms with E-state index < -0.39 is 0 Å². The number of amides is 1. The molecule has 1 amide bonds. The highest BCUT2D eigenvalue weighted by atomic mass is 16.1. The van der Waals surface area contributed by atoms with Crippen molar-refractivity contribution in [2.45, 2.75) is 57.0 Å². The molecular formula is C23H30N4O. The van der Waals surface area contributed by atoms with Crippen molar-refractivity contribution in [3.8, 4) is 11.1 Å². The molecular weight excluding hydrogens is 348 g/mol. The molecule has 0 bridgehead atoms. The number of anilines is 1. The lowest BCUT2D eigenvalue weighted by atomic mass is 9.92. The monoisotopic (exact) mass is 378 g/mol. The molecule has 1 aromatic heterocycles. The van der Waals surface area contributed by atoms with Crippen LogP contribution in [0.3, 0.4) is 0 Å². The van der Waals surface area contributed by atoms with E-state index in [9.17, 15) is 4.79 Å². The molecule has 0 spiro atoms. The summed E-state index contributed by atoms with van der Waals surface area (Å²) in [6, 6.07) is 10.5. The van der Waals surface area contributed by atoms with Crippen molar-refractivity contribution < 1.29 is 4.79 Å². The molecule has 5 nitrogen and oxygen atoms in total. The summed E-state index contributed by atoms with van der Waals surface area (Å²) in [4.78, 5) is 19.6. The average Bonchev–Trinajstić information content (AvgIpc) is 2.75. The van der Waals surface area contributed by atoms with Gasteiger partial charge in [-0.25, -0.2) is 0 Å². The summed E-state index contributed by atoms with van der Waals surface area (Å²) < 4.78 is 0. The van der Waals surface area contributed by atoms with Crippen molar-refractivity contribution in [2.75, 3.05) is 18.8 Å². The van der Waals surface area contributed by atoms with Crippen LogP contribution in [-0.4, -0.2) is 41.0 Å². The van der Waals surface area contributed by atoms with Gasteiger partial charge in [-0.1, -0.05) is 31.4 Å². The molecule has 28 heavy (non-hydrogen) atoms. The summed E-state index contributed by atoms with van der Waals surface area (Å²) in [5.74, 6) is 0.00852. The predicted molar refractivity (Wildman–Crippen MR) is 113 cm³/mol. The number of likely N-dealkylation sites (tertiary alicyclic amines) is 1. The number of benzene rings is 1. The number of aromatic nitrogens is 1. The smallest absolute Gasteiger partial charge is 0.251 e. The third kappa shape index (κ3) is 4.53. The lowest BCUT2D eigenvalue weighted by Gasteiger charge is -2.40. The number of rotatable bonds is 4. The molecule has 2 aromatic rings. The van der Waals surface area contributed by atoms with Crippen LogP contribution in [0.15, 0.2) is 42.7 Å². The van der Waals surface area contributed by atoms with Crippen molar-refractivity contribution in [1.29, 1.82) is 0 Å². The summed E-state index contributed by atoms with van der Waals surface area (Å²) in [5.41, 5.74) is 9.04. The third-order valence-electron chi connectivity index (χ3n) is 6.10. The van der Waals surface area contributed by atoms with Crippen molar-refractivity contribution >= 4 is 11.6 Å². The number of pyridine rings is 1. The van der Waals surface area contributed by atoms with Crippen molar-refractivity contribution in [1.82, 2.24) is 15.2 Å². The Morgan fingerprint density at radius 1 is 1.04 bits per heavy atom. The van der Waals surface area contributed by atoms with E-state index in [-0.39, 0.29) is 11.9 Å². The van der Waals surface area contributed by atoms with Crippen LogP contribution in [0, 0.1) is 0 Å². The molecule has 148 valence electrons. The molecule has 2 fully saturated rings. The first kappa shape index (κ1) is 18.9. The topological polar surface area (TPSA) is 71.2 Å². The van der Waals surface area contributed by atoms with Gasteiger partial charge in [0, 0.05) is 42.1 Å². The number of nitrogens with two attached hydrogens (primary N) is 1. The summed E-state index contributed by atoms with van der Waals surface area (Å²) in [6.07, 6.45) is 12.3. The summed E-state index contributed by atoms with van der Waals surface area (Å²) in [5, 5.41) is 3.27. The van der Waals surface area contributed by atoms with Gasteiger partial charge in [-0.3, -0.25) is 14.7 Å². The Balaban J connectivity index is 1.41. The number of nitrogens with one attached hydrogen (secondary N) is 1. The predicted octanol–water partition coefficient (Wildman–Crippen LogP) is 3.86. The minimum Gasteiger partial charge on any atom is -0.397 e. The van der Waals surface area contributed by atoms with Crippen LogP contribution >= 0.6 is 0 Å². The SMILES string of the molecule is Nc1cncc(-c2cccc(C(=O)N[C@H]3CCCN(C4CCCCC4)C3)c2)c1. The molecule has 1 saturated heterocycles. The van der Waals surface area contributed by atoms with Crippen LogP contribution in [0.25, 0.3) is 11.1 Å². The van der Waals surface area contributed by atoms with Crippen molar-refractivity contribution in [2.24, 2.45) is 0 Å². The van der Waals surface area contributed by atoms with E-state index in [1.54, 1.807) is 12.4 Å². The average molecular weight is 379 g/mol. The molecule has 2 aliphatic rings. The Morgan fingerprint density at radius 3 is 2.71 bits per heavy atom. The van der Waals surface area contributed by atoms with Gasteiger partial charge in [0.1, 0.15) is 0 Å². The second-order valence-corrected chi connectivity index (χ2v) is 8.19. The van der Waals surface area contributed by atoms with Crippen molar-refractivity contribution in [3.63, 3.8) is 0 Å². The highest BCUT2D eigenvalue weighted by molar-refractivity contribution is 5.95. The number of hydrogen-bond donors (Lipinski definition) is 2. The second kappa shape index (κ2) is 8.74. The zero-order chi connectivity index (χ0) is 19.3. The number of carbonyl (C=O) groups excluding carboxylic acids is 1. The Hall–Kier alpha value is -2.40. The van der Waals surface area contributed by atoms with Gasteiger partial charge in [-0.15, -0.1) is 0 Å². The maximum atomic E-state index is 12.9. The van der Waals surface area contributed by atoms with E-state index in [4.69, 9.17) is 5.73 Å². The molecule has 1 saturated carbocycles.